The van der Waals surface area contributed by atoms with Gasteiger partial charge in [-0.15, -0.1) is 0 Å². The normalized spacial score (nSPS) is 12.4. The Kier molecular flexibility index (Phi) is 9.49. The van der Waals surface area contributed by atoms with E-state index in [9.17, 15) is 4.79 Å². The zero-order valence-electron chi connectivity index (χ0n) is 11.3. The predicted molar refractivity (Wildman–Crippen MR) is 65.2 cm³/mol. The molecule has 18 heavy (non-hydrogen) atoms. The van der Waals surface area contributed by atoms with Crippen LogP contribution >= 0.6 is 0 Å². The Morgan fingerprint density at radius 2 is 1.56 bits per heavy atom. The van der Waals surface area contributed by atoms with Gasteiger partial charge in [-0.1, -0.05) is 0 Å². The number of carbonyl (C=O) groups is 1. The number of methoxy groups -OCH3 is 4. The third-order valence-corrected chi connectivity index (χ3v) is 2.56. The predicted octanol–water partition coefficient (Wildman–Crippen LogP) is 1.41. The number of aliphatic hydroxyl groups is 1. The summed E-state index contributed by atoms with van der Waals surface area (Å²) in [6.07, 6.45) is 0.671. The van der Waals surface area contributed by atoms with Crippen LogP contribution in [0.3, 0.4) is 0 Å². The van der Waals surface area contributed by atoms with E-state index in [1.165, 1.54) is 28.4 Å². The van der Waals surface area contributed by atoms with Crippen LogP contribution in [0, 0.1) is 0 Å². The third-order valence-electron chi connectivity index (χ3n) is 2.56. The van der Waals surface area contributed by atoms with Crippen molar-refractivity contribution in [3.63, 3.8) is 0 Å². The molecule has 0 rings (SSSR count). The van der Waals surface area contributed by atoms with Crippen LogP contribution < -0.4 is 0 Å². The maximum atomic E-state index is 11.8. The summed E-state index contributed by atoms with van der Waals surface area (Å²) in [6, 6.07) is 0. The zero-order chi connectivity index (χ0) is 14.0. The molecule has 0 saturated heterocycles. The van der Waals surface area contributed by atoms with Crippen LogP contribution in [0.1, 0.15) is 19.3 Å². The molecule has 0 saturated carbocycles. The lowest BCUT2D eigenvalue weighted by atomic mass is 10.0. The molecule has 0 atom stereocenters. The molecule has 1 N–H and O–H groups in total. The van der Waals surface area contributed by atoms with Crippen molar-refractivity contribution < 1.29 is 28.8 Å². The minimum Gasteiger partial charge on any atom is -0.515 e. The standard InChI is InChI=1S/C12H22O6/c1-15-11(16-2)6-5-10(14)9(8-13)7-12(17-3)18-4/h8,11-13H,5-7H2,1-4H3/b9-8+. The number of ether oxygens (including phenoxy) is 4. The quantitative estimate of drug-likeness (QED) is 0.364. The Labute approximate surface area is 107 Å². The largest absolute Gasteiger partial charge is 0.515 e. The van der Waals surface area contributed by atoms with Crippen molar-refractivity contribution in [1.82, 2.24) is 0 Å². The monoisotopic (exact) mass is 262 g/mol. The zero-order valence-corrected chi connectivity index (χ0v) is 11.3. The van der Waals surface area contributed by atoms with Gasteiger partial charge >= 0.3 is 0 Å². The van der Waals surface area contributed by atoms with Gasteiger partial charge in [0.15, 0.2) is 18.4 Å². The van der Waals surface area contributed by atoms with Crippen molar-refractivity contribution in [2.24, 2.45) is 0 Å². The van der Waals surface area contributed by atoms with E-state index in [2.05, 4.69) is 0 Å². The Balaban J connectivity index is 4.28. The van der Waals surface area contributed by atoms with E-state index in [1.807, 2.05) is 0 Å². The molecule has 0 heterocycles. The molecule has 106 valence electrons. The smallest absolute Gasteiger partial charge is 0.162 e. The van der Waals surface area contributed by atoms with Gasteiger partial charge in [0.2, 0.25) is 0 Å². The fourth-order valence-electron chi connectivity index (χ4n) is 1.42. The van der Waals surface area contributed by atoms with E-state index in [-0.39, 0.29) is 24.2 Å². The first kappa shape index (κ1) is 17.1. The molecule has 0 radical (unpaired) electrons. The van der Waals surface area contributed by atoms with Gasteiger partial charge in [0.05, 0.1) is 6.26 Å². The summed E-state index contributed by atoms with van der Waals surface area (Å²) in [5.41, 5.74) is 0.259. The van der Waals surface area contributed by atoms with Crippen molar-refractivity contribution in [1.29, 1.82) is 0 Å². The lowest BCUT2D eigenvalue weighted by Crippen LogP contribution is -2.19. The molecule has 0 aromatic carbocycles. The summed E-state index contributed by atoms with van der Waals surface area (Å²) in [7, 11) is 5.96. The first-order valence-corrected chi connectivity index (χ1v) is 5.60. The second-order valence-corrected chi connectivity index (χ2v) is 3.62. The van der Waals surface area contributed by atoms with Gasteiger partial charge in [-0.25, -0.2) is 0 Å². The summed E-state index contributed by atoms with van der Waals surface area (Å²) >= 11 is 0. The van der Waals surface area contributed by atoms with Crippen LogP contribution in [-0.2, 0) is 23.7 Å². The van der Waals surface area contributed by atoms with Crippen molar-refractivity contribution in [2.45, 2.75) is 31.8 Å². The van der Waals surface area contributed by atoms with Crippen LogP contribution in [0.25, 0.3) is 0 Å². The van der Waals surface area contributed by atoms with Crippen molar-refractivity contribution in [3.8, 4) is 0 Å². The number of hydrogen-bond acceptors (Lipinski definition) is 6. The molecule has 0 amide bonds. The average Bonchev–Trinajstić information content (AvgIpc) is 2.41. The molecule has 0 unspecified atom stereocenters. The van der Waals surface area contributed by atoms with Crippen LogP contribution in [0.5, 0.6) is 0 Å². The fourth-order valence-corrected chi connectivity index (χ4v) is 1.42. The first-order chi connectivity index (χ1) is 8.62. The lowest BCUT2D eigenvalue weighted by molar-refractivity contribution is -0.127. The summed E-state index contributed by atoms with van der Waals surface area (Å²) in [5, 5.41) is 9.06. The summed E-state index contributed by atoms with van der Waals surface area (Å²) in [6.45, 7) is 0. The molecule has 0 fully saturated rings. The van der Waals surface area contributed by atoms with E-state index in [0.717, 1.165) is 6.26 Å². The summed E-state index contributed by atoms with van der Waals surface area (Å²) < 4.78 is 19.9. The van der Waals surface area contributed by atoms with Gasteiger partial charge in [0.25, 0.3) is 0 Å². The number of rotatable bonds is 10. The molecular weight excluding hydrogens is 240 g/mol. The maximum absolute atomic E-state index is 11.8. The molecule has 0 aliphatic rings. The van der Waals surface area contributed by atoms with Gasteiger partial charge < -0.3 is 24.1 Å². The van der Waals surface area contributed by atoms with E-state index in [0.29, 0.717) is 6.42 Å². The lowest BCUT2D eigenvalue weighted by Gasteiger charge is -2.15. The highest BCUT2D eigenvalue weighted by Gasteiger charge is 2.17. The van der Waals surface area contributed by atoms with E-state index < -0.39 is 12.6 Å². The number of aliphatic hydroxyl groups excluding tert-OH is 1. The number of hydrogen-bond donors (Lipinski definition) is 1. The summed E-state index contributed by atoms with van der Waals surface area (Å²) in [4.78, 5) is 11.8. The van der Waals surface area contributed by atoms with Gasteiger partial charge in [-0.2, -0.15) is 0 Å². The highest BCUT2D eigenvalue weighted by molar-refractivity contribution is 5.95. The number of Topliss-reactive ketones (excluding diaryl/α,β-unsaturated/α-hetero) is 1. The Morgan fingerprint density at radius 3 is 1.94 bits per heavy atom. The van der Waals surface area contributed by atoms with E-state index in [4.69, 9.17) is 24.1 Å². The fraction of sp³-hybridized carbons (Fsp3) is 0.750. The molecule has 6 heteroatoms. The molecular formula is C12H22O6. The van der Waals surface area contributed by atoms with Gasteiger partial charge in [-0.3, -0.25) is 4.79 Å². The molecule has 0 bridgehead atoms. The second kappa shape index (κ2) is 10.0. The molecule has 0 aromatic rings. The third kappa shape index (κ3) is 6.11. The molecule has 0 aliphatic carbocycles. The SMILES string of the molecule is COC(CCC(=O)/C(=C/O)CC(OC)OC)OC. The average molecular weight is 262 g/mol. The Morgan fingerprint density at radius 1 is 1.06 bits per heavy atom. The van der Waals surface area contributed by atoms with Crippen LogP contribution in [0.2, 0.25) is 0 Å². The Bertz CT molecular complexity index is 255. The highest BCUT2D eigenvalue weighted by atomic mass is 16.7. The van der Waals surface area contributed by atoms with E-state index >= 15 is 0 Å². The van der Waals surface area contributed by atoms with Crippen molar-refractivity contribution >= 4 is 5.78 Å². The topological polar surface area (TPSA) is 74.2 Å². The molecule has 0 aliphatic heterocycles. The van der Waals surface area contributed by atoms with Crippen LogP contribution in [0.15, 0.2) is 11.8 Å². The maximum Gasteiger partial charge on any atom is 0.162 e. The minimum absolute atomic E-state index is 0.185. The summed E-state index contributed by atoms with van der Waals surface area (Å²) in [5.74, 6) is -0.185. The number of carbonyl (C=O) groups excluding carboxylic acids is 1. The van der Waals surface area contributed by atoms with Crippen molar-refractivity contribution in [2.75, 3.05) is 28.4 Å². The molecule has 0 aromatic heterocycles. The second-order valence-electron chi connectivity index (χ2n) is 3.62. The van der Waals surface area contributed by atoms with Gasteiger partial charge in [0, 0.05) is 53.3 Å². The van der Waals surface area contributed by atoms with Crippen LogP contribution in [0.4, 0.5) is 0 Å². The molecule has 0 spiro atoms. The number of ketones is 1. The first-order valence-electron chi connectivity index (χ1n) is 5.60. The van der Waals surface area contributed by atoms with Crippen molar-refractivity contribution in [3.05, 3.63) is 11.8 Å². The van der Waals surface area contributed by atoms with Crippen LogP contribution in [-0.4, -0.2) is 51.9 Å². The highest BCUT2D eigenvalue weighted by Crippen LogP contribution is 2.14. The van der Waals surface area contributed by atoms with Gasteiger partial charge in [-0.05, 0) is 0 Å². The van der Waals surface area contributed by atoms with E-state index in [1.54, 1.807) is 0 Å². The molecule has 6 nitrogen and oxygen atoms in total. The van der Waals surface area contributed by atoms with Gasteiger partial charge in [0.1, 0.15) is 0 Å². The Hall–Kier alpha value is -0.950. The minimum atomic E-state index is -0.548.